The first-order chi connectivity index (χ1) is 23.7. The van der Waals surface area contributed by atoms with E-state index in [1.807, 2.05) is 54.6 Å². The van der Waals surface area contributed by atoms with Crippen molar-refractivity contribution in [3.63, 3.8) is 0 Å². The summed E-state index contributed by atoms with van der Waals surface area (Å²) in [5, 5.41) is 38.7. The van der Waals surface area contributed by atoms with Crippen molar-refractivity contribution >= 4 is 64.8 Å². The van der Waals surface area contributed by atoms with Gasteiger partial charge >= 0.3 is 0 Å². The van der Waals surface area contributed by atoms with Gasteiger partial charge in [0.05, 0.1) is 45.9 Å². The van der Waals surface area contributed by atoms with Gasteiger partial charge in [0.1, 0.15) is 11.9 Å². The van der Waals surface area contributed by atoms with Crippen LogP contribution in [0.3, 0.4) is 0 Å². The Hall–Kier alpha value is -6.72. The Morgan fingerprint density at radius 2 is 1.44 bits per heavy atom. The van der Waals surface area contributed by atoms with Crippen molar-refractivity contribution in [1.29, 1.82) is 15.8 Å². The van der Waals surface area contributed by atoms with Crippen LogP contribution in [0, 0.1) is 34.0 Å². The highest BCUT2D eigenvalue weighted by molar-refractivity contribution is 7.26. The van der Waals surface area contributed by atoms with Gasteiger partial charge in [-0.05, 0) is 48.0 Å². The maximum atomic E-state index is 10.7. The van der Waals surface area contributed by atoms with Gasteiger partial charge in [0.15, 0.2) is 0 Å². The smallest absolute Gasteiger partial charge is 0.133 e. The van der Waals surface area contributed by atoms with Crippen molar-refractivity contribution < 1.29 is 0 Å². The fourth-order valence-corrected chi connectivity index (χ4v) is 8.19. The molecule has 48 heavy (non-hydrogen) atoms. The molecule has 0 amide bonds. The molecule has 1 N–H and O–H groups in total. The van der Waals surface area contributed by atoms with E-state index in [0.717, 1.165) is 33.1 Å². The second-order valence-corrected chi connectivity index (χ2v) is 12.8. The highest BCUT2D eigenvalue weighted by Crippen LogP contribution is 2.44. The van der Waals surface area contributed by atoms with E-state index in [1.165, 1.54) is 20.2 Å². The van der Waals surface area contributed by atoms with Crippen LogP contribution in [0.5, 0.6) is 0 Å². The Labute approximate surface area is 279 Å². The summed E-state index contributed by atoms with van der Waals surface area (Å²) in [6, 6.07) is 46.6. The second kappa shape index (κ2) is 10.7. The summed E-state index contributed by atoms with van der Waals surface area (Å²) in [4.78, 5) is 5.11. The summed E-state index contributed by atoms with van der Waals surface area (Å²) in [6.07, 6.45) is 0. The number of anilines is 1. The average Bonchev–Trinajstić information content (AvgIpc) is 3.69. The number of fused-ring (bicyclic) bond motifs is 8. The van der Waals surface area contributed by atoms with Gasteiger partial charge in [-0.25, -0.2) is 0 Å². The molecule has 1 atom stereocenters. The van der Waals surface area contributed by atoms with E-state index in [1.54, 1.807) is 23.5 Å². The quantitative estimate of drug-likeness (QED) is 0.210. The topological polar surface area (TPSA) is 101 Å². The zero-order chi connectivity index (χ0) is 32.4. The molecule has 7 heteroatoms. The van der Waals surface area contributed by atoms with Crippen molar-refractivity contribution in [1.82, 2.24) is 4.57 Å². The zero-order valence-corrected chi connectivity index (χ0v) is 26.1. The Morgan fingerprint density at radius 1 is 0.667 bits per heavy atom. The minimum Gasteiger partial charge on any atom is -0.340 e. The molecule has 0 aliphatic carbocycles. The summed E-state index contributed by atoms with van der Waals surface area (Å²) in [6.45, 7) is 0. The van der Waals surface area contributed by atoms with Crippen LogP contribution in [0.4, 0.5) is 5.69 Å². The van der Waals surface area contributed by atoms with Gasteiger partial charge in [-0.1, -0.05) is 78.9 Å². The number of aliphatic imine (C=N–C) groups is 1. The van der Waals surface area contributed by atoms with Crippen LogP contribution in [0.15, 0.2) is 126 Å². The maximum absolute atomic E-state index is 10.7. The Kier molecular flexibility index (Phi) is 6.14. The number of rotatable bonds is 3. The lowest BCUT2D eigenvalue weighted by atomic mass is 9.88. The number of nitrogens with zero attached hydrogens (tertiary/aromatic N) is 5. The van der Waals surface area contributed by atoms with Gasteiger partial charge in [0.2, 0.25) is 0 Å². The van der Waals surface area contributed by atoms with Gasteiger partial charge in [0, 0.05) is 53.4 Å². The summed E-state index contributed by atoms with van der Waals surface area (Å²) in [5.74, 6) is 0.606. The van der Waals surface area contributed by atoms with E-state index in [2.05, 4.69) is 82.7 Å². The molecule has 6 aromatic carbocycles. The lowest BCUT2D eigenvalue weighted by Gasteiger charge is -2.27. The highest BCUT2D eigenvalue weighted by Gasteiger charge is 2.30. The number of nitriles is 3. The molecule has 0 saturated heterocycles. The molecule has 3 heterocycles. The summed E-state index contributed by atoms with van der Waals surface area (Å²) < 4.78 is 4.71. The molecule has 1 unspecified atom stereocenters. The Morgan fingerprint density at radius 3 is 2.25 bits per heavy atom. The fourth-order valence-electron chi connectivity index (χ4n) is 7.08. The Bertz CT molecular complexity index is 2800. The summed E-state index contributed by atoms with van der Waals surface area (Å²) in [5.41, 5.74) is 7.03. The molecule has 0 saturated carbocycles. The van der Waals surface area contributed by atoms with E-state index < -0.39 is 6.04 Å². The predicted molar refractivity (Wildman–Crippen MR) is 193 cm³/mol. The van der Waals surface area contributed by atoms with Crippen LogP contribution in [-0.4, -0.2) is 10.4 Å². The van der Waals surface area contributed by atoms with E-state index in [4.69, 9.17) is 4.99 Å². The lowest BCUT2D eigenvalue weighted by molar-refractivity contribution is 0.855. The fraction of sp³-hybridized carbons (Fsp3) is 0.0244. The van der Waals surface area contributed by atoms with Gasteiger partial charge in [-0.2, -0.15) is 15.8 Å². The second-order valence-electron chi connectivity index (χ2n) is 11.7. The predicted octanol–water partition coefficient (Wildman–Crippen LogP) is 9.73. The summed E-state index contributed by atoms with van der Waals surface area (Å²) >= 11 is 1.78. The molecule has 1 aliphatic heterocycles. The Balaban J connectivity index is 1.31. The van der Waals surface area contributed by atoms with Crippen molar-refractivity contribution in [2.45, 2.75) is 6.04 Å². The van der Waals surface area contributed by atoms with Crippen LogP contribution in [0.25, 0.3) is 47.7 Å². The van der Waals surface area contributed by atoms with Crippen molar-refractivity contribution in [3.05, 3.63) is 155 Å². The number of thiophene rings is 1. The molecule has 8 aromatic rings. The van der Waals surface area contributed by atoms with E-state index in [-0.39, 0.29) is 0 Å². The number of nitrogens with one attached hydrogen (secondary N) is 1. The van der Waals surface area contributed by atoms with Crippen molar-refractivity contribution in [3.8, 4) is 23.9 Å². The molecule has 1 aliphatic rings. The van der Waals surface area contributed by atoms with Crippen LogP contribution in [0.2, 0.25) is 0 Å². The molecule has 222 valence electrons. The number of benzene rings is 6. The minimum atomic E-state index is -0.645. The first kappa shape index (κ1) is 27.6. The molecule has 0 fully saturated rings. The van der Waals surface area contributed by atoms with Crippen LogP contribution >= 0.6 is 11.3 Å². The number of hydrogen-bond acceptors (Lipinski definition) is 6. The highest BCUT2D eigenvalue weighted by atomic mass is 32.1. The van der Waals surface area contributed by atoms with Crippen molar-refractivity contribution in [2.75, 3.05) is 5.32 Å². The number of aromatic nitrogens is 1. The van der Waals surface area contributed by atoms with E-state index >= 15 is 0 Å². The van der Waals surface area contributed by atoms with Crippen LogP contribution in [-0.2, 0) is 0 Å². The van der Waals surface area contributed by atoms with Crippen molar-refractivity contribution in [2.24, 2.45) is 4.99 Å². The molecule has 0 spiro atoms. The first-order valence-corrected chi connectivity index (χ1v) is 16.2. The van der Waals surface area contributed by atoms with Gasteiger partial charge < -0.3 is 9.88 Å². The van der Waals surface area contributed by atoms with Crippen LogP contribution in [0.1, 0.15) is 39.4 Å². The molecular weight excluding hydrogens is 609 g/mol. The molecule has 0 bridgehead atoms. The zero-order valence-electron chi connectivity index (χ0n) is 25.3. The third-order valence-corrected chi connectivity index (χ3v) is 10.3. The monoisotopic (exact) mass is 630 g/mol. The SMILES string of the molecule is N#Cc1cc(C#N)c2c(c1)NC(c1ccccc1)=NC2c1ccc(-n2c3ccccc3c3ccc4sc5ccccc5c4c32)cc1C#N. The number of para-hydroxylation sites is 1. The molecule has 0 radical (unpaired) electrons. The largest absolute Gasteiger partial charge is 0.340 e. The van der Waals surface area contributed by atoms with Gasteiger partial charge in [-0.3, -0.25) is 4.99 Å². The van der Waals surface area contributed by atoms with E-state index in [9.17, 15) is 15.8 Å². The first-order valence-electron chi connectivity index (χ1n) is 15.4. The molecule has 6 nitrogen and oxygen atoms in total. The normalized spacial score (nSPS) is 13.9. The third-order valence-electron chi connectivity index (χ3n) is 9.15. The third kappa shape index (κ3) is 4.05. The average molecular weight is 631 g/mol. The summed E-state index contributed by atoms with van der Waals surface area (Å²) in [7, 11) is 0. The van der Waals surface area contributed by atoms with Gasteiger partial charge in [0.25, 0.3) is 0 Å². The number of hydrogen-bond donors (Lipinski definition) is 1. The van der Waals surface area contributed by atoms with Gasteiger partial charge in [-0.15, -0.1) is 11.3 Å². The molecular formula is C41H22N6S. The maximum Gasteiger partial charge on any atom is 0.133 e. The number of amidine groups is 1. The minimum absolute atomic E-state index is 0.347. The molecule has 2 aromatic heterocycles. The van der Waals surface area contributed by atoms with Crippen LogP contribution < -0.4 is 5.32 Å². The molecule has 9 rings (SSSR count). The lowest BCUT2D eigenvalue weighted by Crippen LogP contribution is -2.23. The standard InChI is InChI=1S/C41H22N6S/c42-21-24-18-27(23-44)37-33(19-24)45-41(25-8-2-1-3-9-25)46-39(37)29-15-14-28(20-26(29)22-43)47-34-12-6-4-10-30(34)31-16-17-36-38(40(31)47)32-11-5-7-13-35(32)48-36/h1-20,39H,(H,45,46). The van der Waals surface area contributed by atoms with E-state index in [0.29, 0.717) is 39.3 Å².